The van der Waals surface area contributed by atoms with Gasteiger partial charge in [-0.15, -0.1) is 0 Å². The van der Waals surface area contributed by atoms with E-state index in [0.717, 1.165) is 11.1 Å². The van der Waals surface area contributed by atoms with Crippen molar-refractivity contribution in [2.24, 2.45) is 11.8 Å². The van der Waals surface area contributed by atoms with Gasteiger partial charge < -0.3 is 19.3 Å². The van der Waals surface area contributed by atoms with Crippen LogP contribution in [0, 0.1) is 11.8 Å². The van der Waals surface area contributed by atoms with Gasteiger partial charge >= 0.3 is 11.9 Å². The van der Waals surface area contributed by atoms with Gasteiger partial charge in [-0.2, -0.15) is 0 Å². The van der Waals surface area contributed by atoms with Crippen molar-refractivity contribution in [2.45, 2.75) is 45.0 Å². The van der Waals surface area contributed by atoms with Crippen molar-refractivity contribution in [3.8, 4) is 5.75 Å². The topological polar surface area (TPSA) is 99.1 Å². The van der Waals surface area contributed by atoms with Gasteiger partial charge in [0, 0.05) is 12.3 Å². The second-order valence-corrected chi connectivity index (χ2v) is 9.67. The van der Waals surface area contributed by atoms with Crippen LogP contribution >= 0.6 is 0 Å². The summed E-state index contributed by atoms with van der Waals surface area (Å²) in [6.07, 6.45) is -0.378. The molecule has 7 nitrogen and oxygen atoms in total. The highest BCUT2D eigenvalue weighted by atomic mass is 16.5. The van der Waals surface area contributed by atoms with Gasteiger partial charge in [-0.3, -0.25) is 14.4 Å². The summed E-state index contributed by atoms with van der Waals surface area (Å²) < 4.78 is 16.7. The zero-order chi connectivity index (χ0) is 27.1. The minimum absolute atomic E-state index is 0.000677. The third kappa shape index (κ3) is 6.29. The molecule has 1 N–H and O–H groups in total. The average Bonchev–Trinajstić information content (AvgIpc) is 2.91. The number of esters is 2. The lowest BCUT2D eigenvalue weighted by molar-refractivity contribution is -0.174. The zero-order valence-electron chi connectivity index (χ0n) is 21.5. The number of ketones is 1. The summed E-state index contributed by atoms with van der Waals surface area (Å²) in [5, 5.41) is 11.4. The summed E-state index contributed by atoms with van der Waals surface area (Å²) >= 11 is 0. The number of benzene rings is 3. The number of ether oxygens (including phenoxy) is 3. The molecule has 1 fully saturated rings. The number of carbonyl (C=O) groups is 3. The maximum Gasteiger partial charge on any atom is 0.317 e. The van der Waals surface area contributed by atoms with Gasteiger partial charge in [0.05, 0.1) is 18.1 Å². The minimum atomic E-state index is -1.73. The quantitative estimate of drug-likeness (QED) is 0.327. The zero-order valence-corrected chi connectivity index (χ0v) is 21.5. The first-order chi connectivity index (χ1) is 18.3. The van der Waals surface area contributed by atoms with Gasteiger partial charge in [-0.1, -0.05) is 72.8 Å². The number of Topliss-reactive ketones (excluding diaryl/α,β-unsaturated/α-hetero) is 1. The average molecular weight is 517 g/mol. The van der Waals surface area contributed by atoms with E-state index >= 15 is 0 Å². The molecule has 0 heterocycles. The largest absolute Gasteiger partial charge is 0.494 e. The lowest BCUT2D eigenvalue weighted by Gasteiger charge is -2.43. The Hall–Kier alpha value is -3.97. The fourth-order valence-corrected chi connectivity index (χ4v) is 5.01. The Morgan fingerprint density at radius 3 is 1.89 bits per heavy atom. The molecule has 198 valence electrons. The molecule has 1 saturated carbocycles. The summed E-state index contributed by atoms with van der Waals surface area (Å²) in [5.74, 6) is -4.77. The monoisotopic (exact) mass is 516 g/mol. The van der Waals surface area contributed by atoms with Crippen LogP contribution in [0.2, 0.25) is 0 Å². The predicted molar refractivity (Wildman–Crippen MR) is 140 cm³/mol. The third-order valence-corrected chi connectivity index (χ3v) is 6.80. The van der Waals surface area contributed by atoms with E-state index in [0.29, 0.717) is 17.9 Å². The van der Waals surface area contributed by atoms with Crippen molar-refractivity contribution in [1.82, 2.24) is 0 Å². The van der Waals surface area contributed by atoms with E-state index in [-0.39, 0.29) is 19.6 Å². The first-order valence-corrected chi connectivity index (χ1v) is 12.7. The number of hydrogen-bond donors (Lipinski definition) is 1. The molecular weight excluding hydrogens is 484 g/mol. The number of aliphatic hydroxyl groups is 1. The standard InChI is InChI=1S/C31H32O7/c1-3-36-24-16-14-23(15-17-24)26-27(29(33)37-19-21-10-6-4-7-11-21)25(32)18-31(2,35)28(26)30(34)38-20-22-12-8-5-9-13-22/h4-17,26-28,35H,3,18-20H2,1-2H3/t26-,27-,28+,31-/m1/s1. The molecule has 0 unspecified atom stereocenters. The van der Waals surface area contributed by atoms with E-state index in [1.807, 2.05) is 67.6 Å². The Balaban J connectivity index is 1.67. The molecule has 4 atom stereocenters. The van der Waals surface area contributed by atoms with Gasteiger partial charge in [0.15, 0.2) is 5.78 Å². The van der Waals surface area contributed by atoms with Crippen LogP contribution in [-0.4, -0.2) is 35.0 Å². The van der Waals surface area contributed by atoms with Crippen LogP contribution < -0.4 is 4.74 Å². The van der Waals surface area contributed by atoms with Gasteiger partial charge in [0.2, 0.25) is 0 Å². The normalized spacial score (nSPS) is 22.9. The Morgan fingerprint density at radius 1 is 0.842 bits per heavy atom. The van der Waals surface area contributed by atoms with Gasteiger partial charge in [-0.25, -0.2) is 0 Å². The van der Waals surface area contributed by atoms with Crippen molar-refractivity contribution < 1.29 is 33.7 Å². The van der Waals surface area contributed by atoms with Crippen LogP contribution in [0.5, 0.6) is 5.75 Å². The first-order valence-electron chi connectivity index (χ1n) is 12.7. The van der Waals surface area contributed by atoms with Crippen LogP contribution in [0.1, 0.15) is 42.9 Å². The van der Waals surface area contributed by atoms with Crippen molar-refractivity contribution in [3.63, 3.8) is 0 Å². The molecule has 0 spiro atoms. The summed E-state index contributed by atoms with van der Waals surface area (Å²) in [6, 6.07) is 25.1. The first kappa shape index (κ1) is 27.1. The maximum absolute atomic E-state index is 13.5. The molecule has 1 aliphatic rings. The molecular formula is C31H32O7. The lowest BCUT2D eigenvalue weighted by Crippen LogP contribution is -2.55. The second-order valence-electron chi connectivity index (χ2n) is 9.67. The van der Waals surface area contributed by atoms with Crippen molar-refractivity contribution in [1.29, 1.82) is 0 Å². The molecule has 7 heteroatoms. The fraction of sp³-hybridized carbons (Fsp3) is 0.323. The number of hydrogen-bond acceptors (Lipinski definition) is 7. The highest BCUT2D eigenvalue weighted by Crippen LogP contribution is 2.47. The summed E-state index contributed by atoms with van der Waals surface area (Å²) in [4.78, 5) is 40.2. The smallest absolute Gasteiger partial charge is 0.317 e. The Labute approximate surface area is 222 Å². The highest BCUT2D eigenvalue weighted by molar-refractivity contribution is 6.02. The minimum Gasteiger partial charge on any atom is -0.494 e. The van der Waals surface area contributed by atoms with Crippen LogP contribution in [0.25, 0.3) is 0 Å². The molecule has 3 aromatic rings. The van der Waals surface area contributed by atoms with E-state index in [1.165, 1.54) is 6.92 Å². The summed E-state index contributed by atoms with van der Waals surface area (Å²) in [5.41, 5.74) is 0.353. The summed E-state index contributed by atoms with van der Waals surface area (Å²) in [7, 11) is 0. The maximum atomic E-state index is 13.5. The van der Waals surface area contributed by atoms with Crippen LogP contribution in [-0.2, 0) is 37.1 Å². The van der Waals surface area contributed by atoms with Crippen LogP contribution in [0.4, 0.5) is 0 Å². The number of rotatable bonds is 9. The lowest BCUT2D eigenvalue weighted by atomic mass is 9.61. The molecule has 0 bridgehead atoms. The van der Waals surface area contributed by atoms with Crippen molar-refractivity contribution >= 4 is 17.7 Å². The number of carbonyl (C=O) groups excluding carboxylic acids is 3. The fourth-order valence-electron chi connectivity index (χ4n) is 5.01. The molecule has 3 aromatic carbocycles. The van der Waals surface area contributed by atoms with Gasteiger partial charge in [0.25, 0.3) is 0 Å². The van der Waals surface area contributed by atoms with E-state index < -0.39 is 41.1 Å². The predicted octanol–water partition coefficient (Wildman–Crippen LogP) is 4.61. The van der Waals surface area contributed by atoms with E-state index in [1.54, 1.807) is 24.3 Å². The molecule has 1 aliphatic carbocycles. The van der Waals surface area contributed by atoms with Crippen LogP contribution in [0.3, 0.4) is 0 Å². The molecule has 0 aromatic heterocycles. The molecule has 4 rings (SSSR count). The Bertz CT molecular complexity index is 1240. The Morgan fingerprint density at radius 2 is 1.37 bits per heavy atom. The SMILES string of the molecule is CCOc1ccc([C@@H]2[C@H](C(=O)OCc3ccccc3)C(=O)C[C@@](C)(O)[C@@H]2C(=O)OCc2ccccc2)cc1. The van der Waals surface area contributed by atoms with E-state index in [2.05, 4.69) is 0 Å². The highest BCUT2D eigenvalue weighted by Gasteiger charge is 2.57. The molecule has 0 saturated heterocycles. The van der Waals surface area contributed by atoms with E-state index in [9.17, 15) is 19.5 Å². The molecule has 0 amide bonds. The van der Waals surface area contributed by atoms with Crippen LogP contribution in [0.15, 0.2) is 84.9 Å². The van der Waals surface area contributed by atoms with Crippen molar-refractivity contribution in [3.05, 3.63) is 102 Å². The third-order valence-electron chi connectivity index (χ3n) is 6.80. The Kier molecular flexibility index (Phi) is 8.59. The van der Waals surface area contributed by atoms with Gasteiger partial charge in [0.1, 0.15) is 24.9 Å². The molecule has 0 radical (unpaired) electrons. The van der Waals surface area contributed by atoms with Gasteiger partial charge in [-0.05, 0) is 42.7 Å². The second kappa shape index (κ2) is 12.0. The van der Waals surface area contributed by atoms with Crippen molar-refractivity contribution in [2.75, 3.05) is 6.61 Å². The molecule has 0 aliphatic heterocycles. The molecule has 38 heavy (non-hydrogen) atoms. The van der Waals surface area contributed by atoms with E-state index in [4.69, 9.17) is 14.2 Å². The summed E-state index contributed by atoms with van der Waals surface area (Å²) in [6.45, 7) is 3.76.